The van der Waals surface area contributed by atoms with Crippen LogP contribution in [0.25, 0.3) is 0 Å². The first-order valence-electron chi connectivity index (χ1n) is 7.12. The average molecular weight is 390 g/mol. The second-order valence-electron chi connectivity index (χ2n) is 5.16. The molecule has 0 spiro atoms. The smallest absolute Gasteiger partial charge is 0.302 e. The number of allylic oxidation sites excluding steroid dienone is 5. The molecular weight excluding hydrogens is 363 g/mol. The van der Waals surface area contributed by atoms with E-state index in [0.29, 0.717) is 6.61 Å². The lowest BCUT2D eigenvalue weighted by molar-refractivity contribution is -0.139. The van der Waals surface area contributed by atoms with E-state index in [0.717, 1.165) is 30.1 Å². The van der Waals surface area contributed by atoms with Gasteiger partial charge in [-0.05, 0) is 52.5 Å². The van der Waals surface area contributed by atoms with E-state index in [-0.39, 0.29) is 5.97 Å². The van der Waals surface area contributed by atoms with E-state index in [2.05, 4.69) is 55.5 Å². The molecule has 0 aromatic carbocycles. The van der Waals surface area contributed by atoms with E-state index in [1.165, 1.54) is 23.6 Å². The van der Waals surface area contributed by atoms with Gasteiger partial charge in [-0.15, -0.1) is 0 Å². The van der Waals surface area contributed by atoms with E-state index in [4.69, 9.17) is 4.74 Å². The largest absolute Gasteiger partial charge is 0.462 e. The summed E-state index contributed by atoms with van der Waals surface area (Å²) in [6.45, 7) is 8.29. The highest BCUT2D eigenvalue weighted by atomic mass is 127. The molecule has 0 aromatic rings. The van der Waals surface area contributed by atoms with Gasteiger partial charge in [-0.1, -0.05) is 51.5 Å². The fraction of sp³-hybridized carbons (Fsp3) is 0.588. The minimum atomic E-state index is -0.223. The monoisotopic (exact) mass is 390 g/mol. The number of carbonyl (C=O) groups excluding carboxylic acids is 1. The van der Waals surface area contributed by atoms with Gasteiger partial charge < -0.3 is 4.74 Å². The van der Waals surface area contributed by atoms with Crippen molar-refractivity contribution in [1.29, 1.82) is 0 Å². The normalized spacial score (nSPS) is 13.6. The van der Waals surface area contributed by atoms with Gasteiger partial charge in [0.05, 0.1) is 0 Å². The molecule has 0 aliphatic heterocycles. The van der Waals surface area contributed by atoms with Crippen molar-refractivity contribution in [2.24, 2.45) is 0 Å². The third-order valence-electron chi connectivity index (χ3n) is 2.99. The maximum atomic E-state index is 10.6. The van der Waals surface area contributed by atoms with E-state index >= 15 is 0 Å². The lowest BCUT2D eigenvalue weighted by atomic mass is 10.1. The Morgan fingerprint density at radius 1 is 0.900 bits per heavy atom. The number of alkyl halides is 1. The summed E-state index contributed by atoms with van der Waals surface area (Å²) in [7, 11) is 0. The van der Waals surface area contributed by atoms with Crippen LogP contribution in [0.1, 0.15) is 53.4 Å². The van der Waals surface area contributed by atoms with Crippen LogP contribution in [0.4, 0.5) is 0 Å². The maximum absolute atomic E-state index is 10.6. The standard InChI is InChI=1S/C17H27IO2/c1-14(8-6-10-16(3)13-18)7-5-9-15(2)11-12-20-17(4)19/h7,10-11H,5-6,8-9,12-13H2,1-4H3/b14-7+,15-11-,16-10+. The fourth-order valence-corrected chi connectivity index (χ4v) is 1.96. The molecule has 0 N–H and O–H groups in total. The predicted octanol–water partition coefficient (Wildman–Crippen LogP) is 5.38. The predicted molar refractivity (Wildman–Crippen MR) is 95.3 cm³/mol. The second-order valence-corrected chi connectivity index (χ2v) is 5.93. The summed E-state index contributed by atoms with van der Waals surface area (Å²) >= 11 is 2.39. The molecule has 0 radical (unpaired) electrons. The first kappa shape index (κ1) is 19.4. The molecule has 0 saturated carbocycles. The van der Waals surface area contributed by atoms with E-state index < -0.39 is 0 Å². The maximum Gasteiger partial charge on any atom is 0.302 e. The van der Waals surface area contributed by atoms with Gasteiger partial charge in [-0.3, -0.25) is 4.79 Å². The van der Waals surface area contributed by atoms with Gasteiger partial charge in [0.2, 0.25) is 0 Å². The Morgan fingerprint density at radius 2 is 1.40 bits per heavy atom. The molecule has 0 bridgehead atoms. The molecule has 2 nitrogen and oxygen atoms in total. The molecule has 0 amide bonds. The number of rotatable bonds is 9. The van der Waals surface area contributed by atoms with Crippen molar-refractivity contribution < 1.29 is 9.53 Å². The van der Waals surface area contributed by atoms with Crippen LogP contribution < -0.4 is 0 Å². The van der Waals surface area contributed by atoms with Crippen molar-refractivity contribution in [3.63, 3.8) is 0 Å². The highest BCUT2D eigenvalue weighted by molar-refractivity contribution is 14.1. The van der Waals surface area contributed by atoms with Gasteiger partial charge in [-0.25, -0.2) is 0 Å². The van der Waals surface area contributed by atoms with Gasteiger partial charge >= 0.3 is 5.97 Å². The molecule has 0 saturated heterocycles. The number of ether oxygens (including phenoxy) is 1. The molecule has 0 atom stereocenters. The summed E-state index contributed by atoms with van der Waals surface area (Å²) in [5, 5.41) is 0. The first-order chi connectivity index (χ1) is 9.45. The van der Waals surface area contributed by atoms with Gasteiger partial charge in [-0.2, -0.15) is 0 Å². The molecule has 0 unspecified atom stereocenters. The Hall–Kier alpha value is -0.580. The van der Waals surface area contributed by atoms with Crippen molar-refractivity contribution in [2.45, 2.75) is 53.4 Å². The van der Waals surface area contributed by atoms with Crippen LogP contribution in [-0.4, -0.2) is 17.0 Å². The molecule has 0 rings (SSSR count). The summed E-state index contributed by atoms with van der Waals surface area (Å²) in [6.07, 6.45) is 11.0. The Balaban J connectivity index is 3.89. The minimum Gasteiger partial charge on any atom is -0.462 e. The van der Waals surface area contributed by atoms with Crippen molar-refractivity contribution in [1.82, 2.24) is 0 Å². The molecular formula is C17H27IO2. The average Bonchev–Trinajstić information content (AvgIpc) is 2.38. The lowest BCUT2D eigenvalue weighted by Crippen LogP contribution is -1.98. The van der Waals surface area contributed by atoms with Gasteiger partial charge in [0.25, 0.3) is 0 Å². The van der Waals surface area contributed by atoms with Crippen molar-refractivity contribution >= 4 is 28.6 Å². The summed E-state index contributed by atoms with van der Waals surface area (Å²) < 4.78 is 6.01. The third kappa shape index (κ3) is 12.5. The van der Waals surface area contributed by atoms with Crippen LogP contribution in [0, 0.1) is 0 Å². The quantitative estimate of drug-likeness (QED) is 0.229. The number of carbonyl (C=O) groups is 1. The third-order valence-corrected chi connectivity index (χ3v) is 4.20. The zero-order valence-corrected chi connectivity index (χ0v) is 15.3. The molecule has 0 aliphatic rings. The summed E-state index contributed by atoms with van der Waals surface area (Å²) in [6, 6.07) is 0. The number of hydrogen-bond acceptors (Lipinski definition) is 2. The highest BCUT2D eigenvalue weighted by Gasteiger charge is 1.93. The van der Waals surface area contributed by atoms with E-state index in [1.807, 2.05) is 6.08 Å². The van der Waals surface area contributed by atoms with Crippen LogP contribution in [0.5, 0.6) is 0 Å². The van der Waals surface area contributed by atoms with Crippen LogP contribution in [-0.2, 0) is 9.53 Å². The van der Waals surface area contributed by atoms with E-state index in [1.54, 1.807) is 0 Å². The van der Waals surface area contributed by atoms with Crippen molar-refractivity contribution in [3.8, 4) is 0 Å². The lowest BCUT2D eigenvalue weighted by Gasteiger charge is -2.02. The van der Waals surface area contributed by atoms with Crippen LogP contribution in [0.2, 0.25) is 0 Å². The van der Waals surface area contributed by atoms with Crippen molar-refractivity contribution in [3.05, 3.63) is 34.9 Å². The fourth-order valence-electron chi connectivity index (χ4n) is 1.65. The molecule has 0 heterocycles. The van der Waals surface area contributed by atoms with Crippen molar-refractivity contribution in [2.75, 3.05) is 11.0 Å². The molecule has 0 fully saturated rings. The Labute approximate surface area is 137 Å². The van der Waals surface area contributed by atoms with Gasteiger partial charge in [0.1, 0.15) is 6.61 Å². The number of hydrogen-bond donors (Lipinski definition) is 0. The second kappa shape index (κ2) is 12.2. The molecule has 20 heavy (non-hydrogen) atoms. The zero-order chi connectivity index (χ0) is 15.4. The summed E-state index contributed by atoms with van der Waals surface area (Å²) in [5.74, 6) is -0.223. The SMILES string of the molecule is CC(=O)OC/C=C(/C)CC/C=C(\C)CC/C=C(\C)CI. The Bertz CT molecular complexity index is 378. The Morgan fingerprint density at radius 3 is 1.90 bits per heavy atom. The topological polar surface area (TPSA) is 26.3 Å². The zero-order valence-electron chi connectivity index (χ0n) is 13.2. The van der Waals surface area contributed by atoms with Crippen LogP contribution >= 0.6 is 22.6 Å². The van der Waals surface area contributed by atoms with Gasteiger partial charge in [0, 0.05) is 11.4 Å². The first-order valence-corrected chi connectivity index (χ1v) is 8.64. The van der Waals surface area contributed by atoms with Gasteiger partial charge in [0.15, 0.2) is 0 Å². The Kier molecular flexibility index (Phi) is 11.8. The minimum absolute atomic E-state index is 0.223. The summed E-state index contributed by atoms with van der Waals surface area (Å²) in [5.41, 5.74) is 4.19. The van der Waals surface area contributed by atoms with Crippen LogP contribution in [0.15, 0.2) is 34.9 Å². The molecule has 3 heteroatoms. The van der Waals surface area contributed by atoms with E-state index in [9.17, 15) is 4.79 Å². The number of halogens is 1. The number of esters is 1. The molecule has 0 aromatic heterocycles. The highest BCUT2D eigenvalue weighted by Crippen LogP contribution is 2.11. The summed E-state index contributed by atoms with van der Waals surface area (Å²) in [4.78, 5) is 10.6. The molecule has 114 valence electrons. The van der Waals surface area contributed by atoms with Crippen LogP contribution in [0.3, 0.4) is 0 Å². The molecule has 0 aliphatic carbocycles.